The molecule has 1 amide bonds. The van der Waals surface area contributed by atoms with E-state index in [1.165, 1.54) is 31.5 Å². The number of nitrogens with one attached hydrogen (secondary N) is 1. The molecule has 0 spiro atoms. The molecule has 3 aromatic carbocycles. The zero-order valence-electron chi connectivity index (χ0n) is 24.4. The fourth-order valence-electron chi connectivity index (χ4n) is 6.18. The smallest absolute Gasteiger partial charge is 0.246 e. The number of hydrogen-bond acceptors (Lipinski definition) is 5. The molecule has 0 aliphatic carbocycles. The third-order valence-corrected chi connectivity index (χ3v) is 10.3. The minimum atomic E-state index is -3.79. The zero-order valence-corrected chi connectivity index (χ0v) is 25.2. The highest BCUT2D eigenvalue weighted by Gasteiger charge is 2.37. The van der Waals surface area contributed by atoms with Crippen molar-refractivity contribution >= 4 is 15.9 Å². The Hall–Kier alpha value is -3.04. The molecule has 1 unspecified atom stereocenters. The van der Waals surface area contributed by atoms with E-state index in [0.717, 1.165) is 39.9 Å². The number of nitrogens with zero attached hydrogens (tertiary/aromatic N) is 2. The minimum absolute atomic E-state index is 0.123. The van der Waals surface area contributed by atoms with Gasteiger partial charge in [0.1, 0.15) is 6.61 Å². The van der Waals surface area contributed by atoms with Gasteiger partial charge in [-0.3, -0.25) is 9.69 Å². The maximum Gasteiger partial charge on any atom is 0.246 e. The number of rotatable bonds is 10. The fraction of sp³-hybridized carbons (Fsp3) is 0.424. The molecule has 1 N–H and O–H groups in total. The molecule has 218 valence electrons. The Morgan fingerprint density at radius 3 is 2.24 bits per heavy atom. The van der Waals surface area contributed by atoms with Gasteiger partial charge in [0, 0.05) is 19.6 Å². The highest BCUT2D eigenvalue weighted by atomic mass is 32.2. The van der Waals surface area contributed by atoms with Crippen LogP contribution in [0.1, 0.15) is 51.8 Å². The lowest BCUT2D eigenvalue weighted by molar-refractivity contribution is -0.126. The molecule has 0 saturated carbocycles. The summed E-state index contributed by atoms with van der Waals surface area (Å²) in [7, 11) is -3.79. The van der Waals surface area contributed by atoms with Crippen molar-refractivity contribution in [2.24, 2.45) is 0 Å². The minimum Gasteiger partial charge on any atom is -0.370 e. The number of amides is 1. The van der Waals surface area contributed by atoms with Gasteiger partial charge >= 0.3 is 0 Å². The number of fused-ring (bicyclic) bond motifs is 1. The molecular weight excluding hydrogens is 534 g/mol. The van der Waals surface area contributed by atoms with E-state index in [-0.39, 0.29) is 25.7 Å². The summed E-state index contributed by atoms with van der Waals surface area (Å²) in [6, 6.07) is 19.7. The maximum atomic E-state index is 14.0. The topological polar surface area (TPSA) is 78.9 Å². The molecule has 1 atom stereocenters. The molecule has 0 radical (unpaired) electrons. The van der Waals surface area contributed by atoms with Crippen LogP contribution in [0.15, 0.2) is 65.6 Å². The van der Waals surface area contributed by atoms with Crippen molar-refractivity contribution < 1.29 is 17.9 Å². The van der Waals surface area contributed by atoms with Gasteiger partial charge in [-0.15, -0.1) is 0 Å². The van der Waals surface area contributed by atoms with Crippen molar-refractivity contribution in [2.45, 2.75) is 70.6 Å². The van der Waals surface area contributed by atoms with E-state index in [2.05, 4.69) is 34.5 Å². The molecule has 41 heavy (non-hydrogen) atoms. The number of hydrogen-bond donors (Lipinski definition) is 1. The Morgan fingerprint density at radius 2 is 1.56 bits per heavy atom. The molecule has 8 heteroatoms. The molecule has 2 aliphatic heterocycles. The van der Waals surface area contributed by atoms with Crippen molar-refractivity contribution in [2.75, 3.05) is 26.3 Å². The van der Waals surface area contributed by atoms with Crippen LogP contribution in [-0.2, 0) is 45.6 Å². The number of ether oxygens (including phenoxy) is 1. The Morgan fingerprint density at radius 1 is 0.927 bits per heavy atom. The van der Waals surface area contributed by atoms with Crippen molar-refractivity contribution in [1.82, 2.24) is 14.5 Å². The number of sulfonamides is 1. The van der Waals surface area contributed by atoms with Crippen LogP contribution in [0.3, 0.4) is 0 Å². The number of likely N-dealkylation sites (tertiary alicyclic amines) is 1. The molecule has 3 aromatic rings. The van der Waals surface area contributed by atoms with E-state index in [9.17, 15) is 13.2 Å². The molecule has 1 fully saturated rings. The first kappa shape index (κ1) is 29.5. The van der Waals surface area contributed by atoms with Crippen molar-refractivity contribution in [3.05, 3.63) is 99.6 Å². The summed E-state index contributed by atoms with van der Waals surface area (Å²) in [5, 5.41) is 2.93. The van der Waals surface area contributed by atoms with Crippen LogP contribution in [0.25, 0.3) is 0 Å². The largest absolute Gasteiger partial charge is 0.370 e. The molecule has 5 rings (SSSR count). The molecule has 2 heterocycles. The van der Waals surface area contributed by atoms with Crippen LogP contribution in [0.5, 0.6) is 0 Å². The highest BCUT2D eigenvalue weighted by molar-refractivity contribution is 7.89. The van der Waals surface area contributed by atoms with E-state index in [4.69, 9.17) is 4.74 Å². The van der Waals surface area contributed by atoms with Crippen LogP contribution >= 0.6 is 0 Å². The summed E-state index contributed by atoms with van der Waals surface area (Å²) in [6.07, 6.45) is 3.09. The standard InChI is InChI=1S/C33H41N3O4S/c1-24-16-25(2)33(26(3)17-24)41(38,39)36-21-30-9-5-4-8-29(30)18-31(36)22-40-23-32(37)34-19-27-10-12-28(13-11-27)20-35-14-6-7-15-35/h4-5,8-13,16-17,31H,6-7,14-15,18-23H2,1-3H3,(H,34,37). The van der Waals surface area contributed by atoms with E-state index in [1.807, 2.05) is 57.2 Å². The van der Waals surface area contributed by atoms with Crippen molar-refractivity contribution in [3.63, 3.8) is 0 Å². The Labute approximate surface area is 244 Å². The van der Waals surface area contributed by atoms with E-state index in [1.54, 1.807) is 4.31 Å². The van der Waals surface area contributed by atoms with Gasteiger partial charge in [-0.2, -0.15) is 4.31 Å². The average molecular weight is 576 g/mol. The lowest BCUT2D eigenvalue weighted by Gasteiger charge is -2.36. The van der Waals surface area contributed by atoms with Crippen LogP contribution in [0, 0.1) is 20.8 Å². The second kappa shape index (κ2) is 12.9. The van der Waals surface area contributed by atoms with Gasteiger partial charge in [0.05, 0.1) is 17.5 Å². The molecule has 0 aromatic heterocycles. The Balaban J connectivity index is 1.20. The first-order valence-corrected chi connectivity index (χ1v) is 16.0. The van der Waals surface area contributed by atoms with Crippen LogP contribution < -0.4 is 5.32 Å². The summed E-state index contributed by atoms with van der Waals surface area (Å²) >= 11 is 0. The van der Waals surface area contributed by atoms with Gasteiger partial charge in [-0.25, -0.2) is 8.42 Å². The van der Waals surface area contributed by atoms with Gasteiger partial charge in [-0.05, 0) is 86.5 Å². The van der Waals surface area contributed by atoms with E-state index in [0.29, 0.717) is 17.9 Å². The monoisotopic (exact) mass is 575 g/mol. The molecule has 2 aliphatic rings. The average Bonchev–Trinajstić information content (AvgIpc) is 3.44. The normalized spacial score (nSPS) is 17.9. The van der Waals surface area contributed by atoms with Crippen LogP contribution in [0.4, 0.5) is 0 Å². The predicted octanol–water partition coefficient (Wildman–Crippen LogP) is 4.66. The van der Waals surface area contributed by atoms with Crippen molar-refractivity contribution in [1.29, 1.82) is 0 Å². The zero-order chi connectivity index (χ0) is 29.0. The third kappa shape index (κ3) is 7.07. The number of carbonyl (C=O) groups excluding carboxylic acids is 1. The predicted molar refractivity (Wildman–Crippen MR) is 161 cm³/mol. The molecule has 7 nitrogen and oxygen atoms in total. The molecule has 0 bridgehead atoms. The summed E-state index contributed by atoms with van der Waals surface area (Å²) < 4.78 is 35.5. The summed E-state index contributed by atoms with van der Waals surface area (Å²) in [6.45, 7) is 9.69. The van der Waals surface area contributed by atoms with E-state index >= 15 is 0 Å². The van der Waals surface area contributed by atoms with E-state index < -0.39 is 16.1 Å². The highest BCUT2D eigenvalue weighted by Crippen LogP contribution is 2.32. The molecular formula is C33H41N3O4S. The third-order valence-electron chi connectivity index (χ3n) is 8.14. The van der Waals surface area contributed by atoms with Crippen LogP contribution in [-0.4, -0.2) is 55.9 Å². The summed E-state index contributed by atoms with van der Waals surface area (Å²) in [5.74, 6) is -0.220. The van der Waals surface area contributed by atoms with Crippen LogP contribution in [0.2, 0.25) is 0 Å². The number of carbonyl (C=O) groups is 1. The first-order valence-electron chi connectivity index (χ1n) is 14.5. The Kier molecular flexibility index (Phi) is 9.24. The van der Waals surface area contributed by atoms with Crippen molar-refractivity contribution in [3.8, 4) is 0 Å². The fourth-order valence-corrected chi connectivity index (χ4v) is 8.18. The van der Waals surface area contributed by atoms with Gasteiger partial charge in [0.15, 0.2) is 0 Å². The summed E-state index contributed by atoms with van der Waals surface area (Å²) in [4.78, 5) is 15.4. The Bertz CT molecular complexity index is 1460. The van der Waals surface area contributed by atoms with Gasteiger partial charge < -0.3 is 10.1 Å². The lowest BCUT2D eigenvalue weighted by atomic mass is 9.96. The maximum absolute atomic E-state index is 14.0. The van der Waals surface area contributed by atoms with Gasteiger partial charge in [0.2, 0.25) is 15.9 Å². The number of benzene rings is 3. The second-order valence-electron chi connectivity index (χ2n) is 11.5. The van der Waals surface area contributed by atoms with Gasteiger partial charge in [0.25, 0.3) is 0 Å². The number of aryl methyl sites for hydroxylation is 3. The second-order valence-corrected chi connectivity index (χ2v) is 13.3. The summed E-state index contributed by atoms with van der Waals surface area (Å²) in [5.41, 5.74) is 6.95. The lowest BCUT2D eigenvalue weighted by Crippen LogP contribution is -2.47. The quantitative estimate of drug-likeness (QED) is 0.381. The SMILES string of the molecule is Cc1cc(C)c(S(=O)(=O)N2Cc3ccccc3CC2COCC(=O)NCc2ccc(CN3CCCC3)cc2)c(C)c1. The molecule has 1 saturated heterocycles. The van der Waals surface area contributed by atoms with Gasteiger partial charge in [-0.1, -0.05) is 66.2 Å². The first-order chi connectivity index (χ1) is 19.7.